The number of allylic oxidation sites excluding steroid dienone is 6. The minimum Gasteiger partial charge on any atom is -0.308 e. The predicted octanol–water partition coefficient (Wildman–Crippen LogP) is 8.11. The van der Waals surface area contributed by atoms with Crippen LogP contribution in [-0.4, -0.2) is 48.8 Å². The van der Waals surface area contributed by atoms with Crippen LogP contribution in [0.15, 0.2) is 69.7 Å². The topological polar surface area (TPSA) is 51.8 Å². The van der Waals surface area contributed by atoms with Crippen LogP contribution in [0.2, 0.25) is 0 Å². The maximum Gasteiger partial charge on any atom is 0.110 e. The van der Waals surface area contributed by atoms with Crippen LogP contribution >= 0.6 is 0 Å². The Balaban J connectivity index is 1.68. The minimum atomic E-state index is 0.361. The molecule has 0 saturated carbocycles. The van der Waals surface area contributed by atoms with Gasteiger partial charge in [0.15, 0.2) is 0 Å². The van der Waals surface area contributed by atoms with Crippen molar-refractivity contribution in [1.29, 1.82) is 5.41 Å². The third-order valence-electron chi connectivity index (χ3n) is 8.26. The molecule has 0 amide bonds. The summed E-state index contributed by atoms with van der Waals surface area (Å²) in [6.07, 6.45) is 17.8. The number of hydrogen-bond acceptors (Lipinski definition) is 4. The van der Waals surface area contributed by atoms with Gasteiger partial charge in [0.05, 0.1) is 6.04 Å². The van der Waals surface area contributed by atoms with E-state index in [9.17, 15) is 0 Å². The van der Waals surface area contributed by atoms with Gasteiger partial charge in [-0.3, -0.25) is 9.89 Å². The zero-order valence-electron chi connectivity index (χ0n) is 24.0. The molecule has 1 saturated heterocycles. The predicted molar refractivity (Wildman–Crippen MR) is 165 cm³/mol. The first kappa shape index (κ1) is 28.2. The second kappa shape index (κ2) is 13.3. The summed E-state index contributed by atoms with van der Waals surface area (Å²) in [5, 5.41) is 7.45. The first-order chi connectivity index (χ1) is 18.4. The van der Waals surface area contributed by atoms with E-state index in [4.69, 9.17) is 5.41 Å². The number of fused-ring (bicyclic) bond motifs is 2. The minimum absolute atomic E-state index is 0.361. The van der Waals surface area contributed by atoms with Crippen molar-refractivity contribution in [2.45, 2.75) is 84.6 Å². The van der Waals surface area contributed by atoms with Crippen LogP contribution in [0.3, 0.4) is 0 Å². The quantitative estimate of drug-likeness (QED) is 0.335. The van der Waals surface area contributed by atoms with Gasteiger partial charge in [0.25, 0.3) is 0 Å². The lowest BCUT2D eigenvalue weighted by Crippen LogP contribution is -2.34. The van der Waals surface area contributed by atoms with Crippen LogP contribution in [0.4, 0.5) is 0 Å². The van der Waals surface area contributed by atoms with Crippen LogP contribution in [0.25, 0.3) is 5.57 Å². The molecule has 38 heavy (non-hydrogen) atoms. The van der Waals surface area contributed by atoms with Crippen molar-refractivity contribution in [2.24, 2.45) is 15.9 Å². The average Bonchev–Trinajstić information content (AvgIpc) is 2.98. The summed E-state index contributed by atoms with van der Waals surface area (Å²) in [6, 6.07) is 7.59. The Kier molecular flexibility index (Phi) is 9.85. The number of nitrogens with zero attached hydrogens (tertiary/aromatic N) is 3. The fourth-order valence-electron chi connectivity index (χ4n) is 6.19. The van der Waals surface area contributed by atoms with Crippen molar-refractivity contribution < 1.29 is 0 Å². The van der Waals surface area contributed by atoms with E-state index in [2.05, 4.69) is 85.6 Å². The van der Waals surface area contributed by atoms with E-state index in [0.29, 0.717) is 17.9 Å². The van der Waals surface area contributed by atoms with Crippen molar-refractivity contribution in [1.82, 2.24) is 4.90 Å². The van der Waals surface area contributed by atoms with E-state index in [1.165, 1.54) is 39.6 Å². The molecule has 1 N–H and O–H groups in total. The van der Waals surface area contributed by atoms with Gasteiger partial charge in [0.1, 0.15) is 6.34 Å². The van der Waals surface area contributed by atoms with E-state index >= 15 is 0 Å². The lowest BCUT2D eigenvalue weighted by atomic mass is 9.80. The van der Waals surface area contributed by atoms with Gasteiger partial charge < -0.3 is 5.41 Å². The van der Waals surface area contributed by atoms with E-state index in [-0.39, 0.29) is 0 Å². The molecule has 202 valence electrons. The van der Waals surface area contributed by atoms with Crippen LogP contribution in [-0.2, 0) is 0 Å². The zero-order valence-corrected chi connectivity index (χ0v) is 24.0. The number of piperidine rings is 1. The van der Waals surface area contributed by atoms with Crippen LogP contribution in [0.5, 0.6) is 0 Å². The summed E-state index contributed by atoms with van der Waals surface area (Å²) in [5.74, 6) is 1.02. The second-order valence-corrected chi connectivity index (χ2v) is 11.5. The fraction of sp³-hybridized carbons (Fsp3) is 0.500. The van der Waals surface area contributed by atoms with E-state index < -0.39 is 0 Å². The van der Waals surface area contributed by atoms with E-state index in [1.807, 2.05) is 0 Å². The summed E-state index contributed by atoms with van der Waals surface area (Å²) >= 11 is 0. The van der Waals surface area contributed by atoms with Gasteiger partial charge in [0, 0.05) is 24.9 Å². The molecule has 4 nitrogen and oxygen atoms in total. The molecule has 1 unspecified atom stereocenters. The summed E-state index contributed by atoms with van der Waals surface area (Å²) in [6.45, 7) is 16.2. The Labute approximate surface area is 230 Å². The highest BCUT2D eigenvalue weighted by Crippen LogP contribution is 2.38. The highest BCUT2D eigenvalue weighted by atomic mass is 15.1. The molecule has 0 spiro atoms. The number of aryl methyl sites for hydroxylation is 1. The Morgan fingerprint density at radius 2 is 1.97 bits per heavy atom. The van der Waals surface area contributed by atoms with E-state index in [1.54, 1.807) is 6.34 Å². The van der Waals surface area contributed by atoms with Crippen molar-refractivity contribution in [2.75, 3.05) is 19.6 Å². The number of aliphatic imine (C=N–C) groups is 2. The molecule has 1 aromatic rings. The fourth-order valence-corrected chi connectivity index (χ4v) is 6.19. The Bertz CT molecular complexity index is 1170. The number of hydrogen-bond donors (Lipinski definition) is 1. The van der Waals surface area contributed by atoms with Gasteiger partial charge >= 0.3 is 0 Å². The van der Waals surface area contributed by atoms with E-state index in [0.717, 1.165) is 75.9 Å². The largest absolute Gasteiger partial charge is 0.308 e. The smallest absolute Gasteiger partial charge is 0.110 e. The van der Waals surface area contributed by atoms with Crippen molar-refractivity contribution in [3.05, 3.63) is 76.4 Å². The SMILES string of the molecule is C=C(C=N)CN1CCC(c2ccc(C)c(/C(=C(CCC)/C3=C/CCC4CC(=NC=N4)/C=C\3)C(C)C)c2)CC1. The van der Waals surface area contributed by atoms with Gasteiger partial charge in [-0.05, 0) is 109 Å². The first-order valence-electron chi connectivity index (χ1n) is 14.6. The highest BCUT2D eigenvalue weighted by molar-refractivity contribution is 6.01. The van der Waals surface area contributed by atoms with Gasteiger partial charge in [0.2, 0.25) is 0 Å². The van der Waals surface area contributed by atoms with Crippen molar-refractivity contribution in [3.8, 4) is 0 Å². The third kappa shape index (κ3) is 6.96. The summed E-state index contributed by atoms with van der Waals surface area (Å²) in [7, 11) is 0. The third-order valence-corrected chi connectivity index (χ3v) is 8.26. The first-order valence-corrected chi connectivity index (χ1v) is 14.6. The van der Waals surface area contributed by atoms with Crippen LogP contribution < -0.4 is 0 Å². The van der Waals surface area contributed by atoms with Gasteiger partial charge in [-0.2, -0.15) is 0 Å². The monoisotopic (exact) mass is 510 g/mol. The molecule has 1 atom stereocenters. The molecule has 0 radical (unpaired) electrons. The maximum absolute atomic E-state index is 7.45. The number of benzene rings is 1. The molecule has 2 heterocycles. The molecule has 4 heteroatoms. The van der Waals surface area contributed by atoms with Gasteiger partial charge in [-0.15, -0.1) is 0 Å². The van der Waals surface area contributed by atoms with Crippen molar-refractivity contribution in [3.63, 3.8) is 0 Å². The summed E-state index contributed by atoms with van der Waals surface area (Å²) in [4.78, 5) is 11.6. The number of nitrogens with one attached hydrogen (secondary N) is 1. The van der Waals surface area contributed by atoms with Crippen LogP contribution in [0, 0.1) is 18.3 Å². The second-order valence-electron chi connectivity index (χ2n) is 11.5. The Hall–Kier alpha value is -2.85. The van der Waals surface area contributed by atoms with Crippen LogP contribution in [0.1, 0.15) is 88.3 Å². The molecule has 1 aliphatic carbocycles. The molecule has 4 rings (SSSR count). The molecular weight excluding hydrogens is 464 g/mol. The Morgan fingerprint density at radius 3 is 2.68 bits per heavy atom. The van der Waals surface area contributed by atoms with Gasteiger partial charge in [-0.25, -0.2) is 4.99 Å². The van der Waals surface area contributed by atoms with Crippen molar-refractivity contribution >= 4 is 23.8 Å². The molecule has 1 fully saturated rings. The number of rotatable bonds is 9. The molecule has 2 aliphatic heterocycles. The lowest BCUT2D eigenvalue weighted by molar-refractivity contribution is 0.230. The molecule has 3 aliphatic rings. The standard InChI is InChI=1S/C34H46N4/c1-6-8-32(28-9-7-10-30-20-31(14-13-28)37-23-36-30)34(24(2)3)33-19-29(12-11-26(33)5)27-15-17-38(18-16-27)22-25(4)21-35/h9,11-14,19,21,23-24,27,30,35H,4,6-8,10,15-18,20,22H2,1-3,5H3/b14-13-,28-9+,34-32+,35-21?. The molecule has 1 aromatic carbocycles. The average molecular weight is 511 g/mol. The lowest BCUT2D eigenvalue weighted by Gasteiger charge is -2.32. The van der Waals surface area contributed by atoms with Gasteiger partial charge in [-0.1, -0.05) is 64.1 Å². The molecular formula is C34H46N4. The molecule has 2 bridgehead atoms. The summed E-state index contributed by atoms with van der Waals surface area (Å²) in [5.41, 5.74) is 10.7. The summed E-state index contributed by atoms with van der Waals surface area (Å²) < 4.78 is 0. The molecule has 0 aromatic heterocycles. The maximum atomic E-state index is 7.45. The highest BCUT2D eigenvalue weighted by Gasteiger charge is 2.24. The Morgan fingerprint density at radius 1 is 1.18 bits per heavy atom. The number of likely N-dealkylation sites (tertiary alicyclic amines) is 1. The normalized spacial score (nSPS) is 23.4. The zero-order chi connectivity index (χ0) is 27.1.